The number of rotatable bonds is 62. The summed E-state index contributed by atoms with van der Waals surface area (Å²) in [5, 5.41) is 0. The Morgan fingerprint density at radius 3 is 0.735 bits per heavy atom. The third kappa shape index (κ3) is 68.2. The molecule has 472 valence electrons. The normalized spacial score (nSPS) is 13.0. The lowest BCUT2D eigenvalue weighted by Crippen LogP contribution is -2.30. The molecule has 1 atom stereocenters. The number of ether oxygens (including phenoxy) is 3. The smallest absolute Gasteiger partial charge is 0.306 e. The summed E-state index contributed by atoms with van der Waals surface area (Å²) >= 11 is 0. The average Bonchev–Trinajstić information content (AvgIpc) is 3.48. The Bertz CT molecular complexity index is 1750. The molecule has 0 fully saturated rings. The molecule has 0 bridgehead atoms. The largest absolute Gasteiger partial charge is 0.462 e. The average molecular weight is 1150 g/mol. The Kier molecular flexibility index (Phi) is 66.3. The van der Waals surface area contributed by atoms with Crippen LogP contribution in [0.15, 0.2) is 134 Å². The van der Waals surface area contributed by atoms with Crippen molar-refractivity contribution < 1.29 is 28.6 Å². The van der Waals surface area contributed by atoms with E-state index in [4.69, 9.17) is 14.2 Å². The molecule has 6 heteroatoms. The molecule has 0 radical (unpaired) electrons. The minimum atomic E-state index is -0.786. The van der Waals surface area contributed by atoms with Gasteiger partial charge in [0.25, 0.3) is 0 Å². The predicted molar refractivity (Wildman–Crippen MR) is 362 cm³/mol. The number of allylic oxidation sites excluding steroid dienone is 22. The van der Waals surface area contributed by atoms with Crippen LogP contribution in [0, 0.1) is 0 Å². The van der Waals surface area contributed by atoms with Crippen molar-refractivity contribution in [2.24, 2.45) is 0 Å². The summed E-state index contributed by atoms with van der Waals surface area (Å²) in [5.41, 5.74) is 0. The topological polar surface area (TPSA) is 78.9 Å². The van der Waals surface area contributed by atoms with Crippen LogP contribution in [-0.2, 0) is 28.6 Å². The van der Waals surface area contributed by atoms with Crippen LogP contribution < -0.4 is 0 Å². The number of esters is 3. The molecular formula is C77H128O6. The molecule has 0 amide bonds. The molecule has 0 aromatic carbocycles. The zero-order valence-corrected chi connectivity index (χ0v) is 54.2. The van der Waals surface area contributed by atoms with E-state index in [1.807, 2.05) is 0 Å². The van der Waals surface area contributed by atoms with Crippen LogP contribution >= 0.6 is 0 Å². The van der Waals surface area contributed by atoms with Gasteiger partial charge in [-0.3, -0.25) is 14.4 Å². The van der Waals surface area contributed by atoms with Gasteiger partial charge >= 0.3 is 17.9 Å². The monoisotopic (exact) mass is 1150 g/mol. The molecule has 0 aliphatic rings. The van der Waals surface area contributed by atoms with Crippen LogP contribution in [0.1, 0.15) is 316 Å². The van der Waals surface area contributed by atoms with Crippen LogP contribution in [0.25, 0.3) is 0 Å². The number of unbranched alkanes of at least 4 members (excludes halogenated alkanes) is 29. The number of carbonyl (C=O) groups is 3. The molecule has 0 heterocycles. The van der Waals surface area contributed by atoms with E-state index >= 15 is 0 Å². The molecule has 0 rings (SSSR count). The van der Waals surface area contributed by atoms with Crippen LogP contribution in [0.4, 0.5) is 0 Å². The predicted octanol–water partition coefficient (Wildman–Crippen LogP) is 24.1. The molecule has 1 unspecified atom stereocenters. The maximum absolute atomic E-state index is 12.9. The van der Waals surface area contributed by atoms with Crippen molar-refractivity contribution in [3.8, 4) is 0 Å². The van der Waals surface area contributed by atoms with E-state index in [-0.39, 0.29) is 31.1 Å². The fraction of sp³-hybridized carbons (Fsp3) is 0.675. The first-order chi connectivity index (χ1) is 41.0. The van der Waals surface area contributed by atoms with Crippen molar-refractivity contribution in [3.05, 3.63) is 134 Å². The molecule has 83 heavy (non-hydrogen) atoms. The molecule has 0 aliphatic carbocycles. The first-order valence-corrected chi connectivity index (χ1v) is 34.7. The Balaban J connectivity index is 4.24. The van der Waals surface area contributed by atoms with Crippen molar-refractivity contribution in [2.45, 2.75) is 322 Å². The zero-order chi connectivity index (χ0) is 59.9. The summed E-state index contributed by atoms with van der Waals surface area (Å²) in [6, 6.07) is 0. The number of hydrogen-bond donors (Lipinski definition) is 0. The number of hydrogen-bond acceptors (Lipinski definition) is 6. The minimum absolute atomic E-state index is 0.0815. The fourth-order valence-electron chi connectivity index (χ4n) is 9.53. The van der Waals surface area contributed by atoms with Crippen LogP contribution in [0.2, 0.25) is 0 Å². The second-order valence-corrected chi connectivity index (χ2v) is 22.7. The maximum atomic E-state index is 12.9. The Morgan fingerprint density at radius 1 is 0.253 bits per heavy atom. The van der Waals surface area contributed by atoms with Gasteiger partial charge in [0.2, 0.25) is 0 Å². The van der Waals surface area contributed by atoms with Gasteiger partial charge in [-0.15, -0.1) is 0 Å². The molecular weight excluding hydrogens is 1020 g/mol. The fourth-order valence-corrected chi connectivity index (χ4v) is 9.53. The maximum Gasteiger partial charge on any atom is 0.306 e. The Hall–Kier alpha value is -4.45. The zero-order valence-electron chi connectivity index (χ0n) is 54.2. The van der Waals surface area contributed by atoms with Crippen molar-refractivity contribution in [1.82, 2.24) is 0 Å². The van der Waals surface area contributed by atoms with Gasteiger partial charge in [-0.25, -0.2) is 0 Å². The van der Waals surface area contributed by atoms with Gasteiger partial charge in [0.15, 0.2) is 6.10 Å². The molecule has 0 saturated heterocycles. The minimum Gasteiger partial charge on any atom is -0.462 e. The SMILES string of the molecule is CC/C=C\C/C=C\C/C=C\C/C=C\C/C=C\C/C=C\C/C=C\CCCCCCCCCCCCCC(=O)OCC(COC(=O)CCCCCCCCCCCCC)OC(=O)CCCCCCCCCC/C=C\C/C=C\C/C=C\C/C=C\CC. The molecule has 0 aliphatic heterocycles. The van der Waals surface area contributed by atoms with E-state index in [9.17, 15) is 14.4 Å². The summed E-state index contributed by atoms with van der Waals surface area (Å²) in [5.74, 6) is -0.886. The molecule has 0 spiro atoms. The van der Waals surface area contributed by atoms with Gasteiger partial charge in [0.1, 0.15) is 13.2 Å². The van der Waals surface area contributed by atoms with Gasteiger partial charge in [-0.2, -0.15) is 0 Å². The van der Waals surface area contributed by atoms with E-state index in [0.29, 0.717) is 19.3 Å². The van der Waals surface area contributed by atoms with E-state index < -0.39 is 6.10 Å². The summed E-state index contributed by atoms with van der Waals surface area (Å²) in [4.78, 5) is 38.4. The highest BCUT2D eigenvalue weighted by Gasteiger charge is 2.19. The third-order valence-electron chi connectivity index (χ3n) is 14.7. The summed E-state index contributed by atoms with van der Waals surface area (Å²) in [6.45, 7) is 6.42. The van der Waals surface area contributed by atoms with Crippen molar-refractivity contribution in [3.63, 3.8) is 0 Å². The van der Waals surface area contributed by atoms with Gasteiger partial charge < -0.3 is 14.2 Å². The Labute approximate surface area is 513 Å². The highest BCUT2D eigenvalue weighted by molar-refractivity contribution is 5.71. The van der Waals surface area contributed by atoms with E-state index in [1.165, 1.54) is 141 Å². The van der Waals surface area contributed by atoms with Crippen LogP contribution in [0.5, 0.6) is 0 Å². The third-order valence-corrected chi connectivity index (χ3v) is 14.7. The van der Waals surface area contributed by atoms with E-state index in [2.05, 4.69) is 154 Å². The lowest BCUT2D eigenvalue weighted by Gasteiger charge is -2.18. The van der Waals surface area contributed by atoms with Crippen LogP contribution in [0.3, 0.4) is 0 Å². The van der Waals surface area contributed by atoms with Gasteiger partial charge in [0.05, 0.1) is 0 Å². The standard InChI is InChI=1S/C77H128O6/c1-4-7-10-13-16-19-22-24-26-28-30-32-33-34-35-36-37-38-39-40-41-42-43-45-46-48-50-52-55-58-61-64-67-70-76(79)82-73-74(72-81-75(78)69-66-63-60-57-54-21-18-15-12-9-6-3)83-77(80)71-68-65-62-59-56-53-51-49-47-44-31-29-27-25-23-20-17-14-11-8-5-2/h7-8,10-11,16-17,19-20,24-27,30-32,34-35,37-38,40-41,44,74H,4-6,9,12-15,18,21-23,28-29,33,36,39,42-43,45-73H2,1-3H3/b10-7-,11-8-,19-16-,20-17-,26-24-,27-25-,32-30-,35-34-,38-37-,41-40-,44-31-. The molecule has 0 aromatic heterocycles. The first-order valence-electron chi connectivity index (χ1n) is 34.7. The lowest BCUT2D eigenvalue weighted by atomic mass is 10.0. The molecule has 0 N–H and O–H groups in total. The van der Waals surface area contributed by atoms with E-state index in [1.54, 1.807) is 0 Å². The molecule has 6 nitrogen and oxygen atoms in total. The second-order valence-electron chi connectivity index (χ2n) is 22.7. The van der Waals surface area contributed by atoms with Gasteiger partial charge in [-0.1, -0.05) is 315 Å². The first kappa shape index (κ1) is 78.5. The summed E-state index contributed by atoms with van der Waals surface area (Å²) < 4.78 is 16.9. The van der Waals surface area contributed by atoms with Gasteiger partial charge in [0, 0.05) is 19.3 Å². The van der Waals surface area contributed by atoms with Crippen molar-refractivity contribution in [2.75, 3.05) is 13.2 Å². The van der Waals surface area contributed by atoms with Crippen LogP contribution in [-0.4, -0.2) is 37.2 Å². The molecule has 0 aromatic rings. The van der Waals surface area contributed by atoms with E-state index in [0.717, 1.165) is 135 Å². The second kappa shape index (κ2) is 70.0. The Morgan fingerprint density at radius 2 is 0.470 bits per heavy atom. The molecule has 0 saturated carbocycles. The summed E-state index contributed by atoms with van der Waals surface area (Å²) in [6.07, 6.45) is 99.0. The number of carbonyl (C=O) groups excluding carboxylic acids is 3. The lowest BCUT2D eigenvalue weighted by molar-refractivity contribution is -0.167. The van der Waals surface area contributed by atoms with Gasteiger partial charge in [-0.05, 0) is 116 Å². The highest BCUT2D eigenvalue weighted by atomic mass is 16.6. The van der Waals surface area contributed by atoms with Crippen molar-refractivity contribution >= 4 is 17.9 Å². The highest BCUT2D eigenvalue weighted by Crippen LogP contribution is 2.16. The van der Waals surface area contributed by atoms with Crippen molar-refractivity contribution in [1.29, 1.82) is 0 Å². The quantitative estimate of drug-likeness (QED) is 0.0261. The summed E-state index contributed by atoms with van der Waals surface area (Å²) in [7, 11) is 0.